The van der Waals surface area contributed by atoms with E-state index < -0.39 is 90.8 Å². The van der Waals surface area contributed by atoms with Crippen LogP contribution >= 0.6 is 21.6 Å². The number of aromatic amines is 1. The third-order valence-electron chi connectivity index (χ3n) is 11.2. The summed E-state index contributed by atoms with van der Waals surface area (Å²) in [6.07, 6.45) is 2.45. The second-order valence-corrected chi connectivity index (χ2v) is 18.4. The number of H-pyrrole nitrogens is 1. The molecule has 2 aromatic rings. The van der Waals surface area contributed by atoms with Crippen molar-refractivity contribution in [2.45, 2.75) is 87.8 Å². The molecule has 19 nitrogen and oxygen atoms in total. The number of rotatable bonds is 10. The van der Waals surface area contributed by atoms with Gasteiger partial charge < -0.3 is 56.3 Å². The summed E-state index contributed by atoms with van der Waals surface area (Å²) in [6.45, 7) is 3.60. The number of unbranched alkanes of at least 4 members (excludes halogenated alkanes) is 1. The van der Waals surface area contributed by atoms with Gasteiger partial charge in [0.05, 0.1) is 45.8 Å². The lowest BCUT2D eigenvalue weighted by atomic mass is 10.0. The number of carboxylic acids is 1. The minimum absolute atomic E-state index is 0.0477. The summed E-state index contributed by atoms with van der Waals surface area (Å²) in [5.41, 5.74) is 7.12. The van der Waals surface area contributed by atoms with E-state index in [1.54, 1.807) is 6.20 Å². The van der Waals surface area contributed by atoms with Crippen LogP contribution in [-0.4, -0.2) is 167 Å². The van der Waals surface area contributed by atoms with Crippen molar-refractivity contribution >= 4 is 73.9 Å². The lowest BCUT2D eigenvalue weighted by Gasteiger charge is -2.37. The van der Waals surface area contributed by atoms with Crippen LogP contribution in [0.5, 0.6) is 0 Å². The SMILES string of the molecule is C[N+]1(CCCC[C@@H]2NC(O)CCSSCC(C(N)=O)NC(=O)[C@@H]3CCCN3C(=O)[C@H](Cc3c[nH]c4ccccc34)NC(=O)[C@H](CC(=O)O)NC(=O)CNC2=O)CCOCC1. The number of nitrogens with one attached hydrogen (secondary N) is 6. The number of nitrogens with zero attached hydrogens (tertiary/aromatic N) is 2. The van der Waals surface area contributed by atoms with E-state index in [1.165, 1.54) is 26.5 Å². The summed E-state index contributed by atoms with van der Waals surface area (Å²) in [6, 6.07) is 1.44. The molecule has 4 heterocycles. The molecule has 0 radical (unpaired) electrons. The van der Waals surface area contributed by atoms with Crippen LogP contribution < -0.4 is 32.3 Å². The molecule has 1 aromatic carbocycles. The molecule has 3 aliphatic heterocycles. The monoisotopic (exact) mass is 876 g/mol. The number of carbonyl (C=O) groups is 7. The number of para-hydroxylation sites is 1. The van der Waals surface area contributed by atoms with Crippen LogP contribution in [0, 0.1) is 0 Å². The average Bonchev–Trinajstić information content (AvgIpc) is 3.87. The molecule has 0 aliphatic carbocycles. The summed E-state index contributed by atoms with van der Waals surface area (Å²) in [4.78, 5) is 97.7. The van der Waals surface area contributed by atoms with Crippen LogP contribution in [0.2, 0.25) is 0 Å². The number of aliphatic hydroxyl groups excluding tert-OH is 1. The normalized spacial score (nSPS) is 27.0. The van der Waals surface area contributed by atoms with E-state index in [4.69, 9.17) is 10.5 Å². The third-order valence-corrected chi connectivity index (χ3v) is 13.6. The van der Waals surface area contributed by atoms with Gasteiger partial charge in [-0.25, -0.2) is 0 Å². The van der Waals surface area contributed by atoms with Crippen molar-refractivity contribution in [1.82, 2.24) is 36.5 Å². The average molecular weight is 877 g/mol. The number of fused-ring (bicyclic) bond motifs is 2. The first-order valence-electron chi connectivity index (χ1n) is 20.4. The zero-order valence-electron chi connectivity index (χ0n) is 33.8. The summed E-state index contributed by atoms with van der Waals surface area (Å²) in [5.74, 6) is -5.25. The predicted octanol–water partition coefficient (Wildman–Crippen LogP) is -1.06. The van der Waals surface area contributed by atoms with Gasteiger partial charge in [-0.2, -0.15) is 0 Å². The van der Waals surface area contributed by atoms with Gasteiger partial charge in [0.25, 0.3) is 0 Å². The number of carboxylic acid groups (broad SMARTS) is 1. The van der Waals surface area contributed by atoms with Crippen LogP contribution in [0.15, 0.2) is 30.5 Å². The second-order valence-electron chi connectivity index (χ2n) is 15.7. The number of aliphatic carboxylic acids is 1. The molecule has 21 heteroatoms. The molecule has 1 aromatic heterocycles. The molecule has 2 unspecified atom stereocenters. The fraction of sp³-hybridized carbons (Fsp3) is 0.615. The fourth-order valence-corrected chi connectivity index (χ4v) is 9.92. The highest BCUT2D eigenvalue weighted by Gasteiger charge is 2.40. The molecule has 0 spiro atoms. The molecule has 5 rings (SSSR count). The molecule has 10 N–H and O–H groups in total. The number of quaternary nitrogens is 1. The van der Waals surface area contributed by atoms with Gasteiger partial charge in [0.1, 0.15) is 43.5 Å². The maximum atomic E-state index is 14.4. The van der Waals surface area contributed by atoms with E-state index in [2.05, 4.69) is 38.6 Å². The number of primary amides is 1. The molecule has 3 fully saturated rings. The van der Waals surface area contributed by atoms with Crippen molar-refractivity contribution in [1.29, 1.82) is 0 Å². The number of amides is 6. The molecule has 0 bridgehead atoms. The van der Waals surface area contributed by atoms with Gasteiger partial charge in [0.2, 0.25) is 35.4 Å². The van der Waals surface area contributed by atoms with E-state index in [0.717, 1.165) is 41.4 Å². The molecule has 6 amide bonds. The highest BCUT2D eigenvalue weighted by atomic mass is 33.1. The number of aliphatic hydroxyl groups is 1. The summed E-state index contributed by atoms with van der Waals surface area (Å²) in [7, 11) is 4.78. The first kappa shape index (κ1) is 46.7. The maximum absolute atomic E-state index is 14.4. The molecular formula is C39H58N9O10S2+. The standard InChI is InChI=1S/C39H57N9O10S2/c1-48(14-16-58-17-15-48)13-5-4-9-27-36(54)42-22-33(50)44-28(20-34(51)52)37(55)45-29(19-24-21-41-26-8-3-2-7-25(24)26)39(57)47-12-6-10-31(47)38(56)46-30(35(40)53)23-60-59-18-11-32(49)43-27/h2-3,7-8,21,27-32,41,43,49H,4-6,9-20,22-23H2,1H3,(H6-,40,42,44,45,46,50,51,52,53,54,55,56)/p+1/t27-,28-,29-,30?,31-,32?/m0/s1. The van der Waals surface area contributed by atoms with Crippen LogP contribution in [-0.2, 0) is 44.7 Å². The number of ether oxygens (including phenoxy) is 1. The summed E-state index contributed by atoms with van der Waals surface area (Å²) < 4.78 is 6.35. The zero-order chi connectivity index (χ0) is 43.2. The fourth-order valence-electron chi connectivity index (χ4n) is 7.67. The number of hydrogen-bond acceptors (Lipinski definition) is 12. The Hall–Kier alpha value is -4.41. The number of benzene rings is 1. The number of morpholine rings is 1. The number of aromatic nitrogens is 1. The van der Waals surface area contributed by atoms with Gasteiger partial charge >= 0.3 is 5.97 Å². The Morgan fingerprint density at radius 3 is 2.47 bits per heavy atom. The minimum atomic E-state index is -1.64. The minimum Gasteiger partial charge on any atom is -0.481 e. The van der Waals surface area contributed by atoms with Gasteiger partial charge in [0.15, 0.2) is 0 Å². The van der Waals surface area contributed by atoms with Crippen molar-refractivity contribution in [3.63, 3.8) is 0 Å². The Morgan fingerprint density at radius 1 is 0.950 bits per heavy atom. The van der Waals surface area contributed by atoms with Crippen LogP contribution in [0.4, 0.5) is 0 Å². The first-order valence-corrected chi connectivity index (χ1v) is 22.9. The van der Waals surface area contributed by atoms with Crippen LogP contribution in [0.25, 0.3) is 10.9 Å². The van der Waals surface area contributed by atoms with Gasteiger partial charge in [-0.1, -0.05) is 39.8 Å². The first-order chi connectivity index (χ1) is 28.7. The molecule has 60 heavy (non-hydrogen) atoms. The van der Waals surface area contributed by atoms with E-state index in [1.807, 2.05) is 24.3 Å². The third kappa shape index (κ3) is 13.5. The van der Waals surface area contributed by atoms with Gasteiger partial charge in [-0.15, -0.1) is 0 Å². The smallest absolute Gasteiger partial charge is 0.305 e. The van der Waals surface area contributed by atoms with Crippen molar-refractivity contribution in [3.8, 4) is 0 Å². The summed E-state index contributed by atoms with van der Waals surface area (Å²) >= 11 is 0. The Bertz CT molecular complexity index is 1840. The largest absolute Gasteiger partial charge is 0.481 e. The van der Waals surface area contributed by atoms with Crippen molar-refractivity contribution < 1.29 is 53.0 Å². The number of likely N-dealkylation sites (N-methyl/N-ethyl adjacent to an activating group) is 1. The second kappa shape index (κ2) is 22.4. The number of nitrogens with two attached hydrogens (primary N) is 1. The molecule has 6 atom stereocenters. The highest BCUT2D eigenvalue weighted by Crippen LogP contribution is 2.26. The van der Waals surface area contributed by atoms with Crippen molar-refractivity contribution in [3.05, 3.63) is 36.0 Å². The number of hydrogen-bond donors (Lipinski definition) is 9. The van der Waals surface area contributed by atoms with Crippen molar-refractivity contribution in [2.75, 3.05) is 64.5 Å². The zero-order valence-corrected chi connectivity index (χ0v) is 35.5. The number of carbonyl (C=O) groups excluding carboxylic acids is 6. The molecule has 0 saturated carbocycles. The highest BCUT2D eigenvalue weighted by molar-refractivity contribution is 8.76. The maximum Gasteiger partial charge on any atom is 0.305 e. The Kier molecular flexibility index (Phi) is 17.4. The van der Waals surface area contributed by atoms with E-state index in [0.29, 0.717) is 43.8 Å². The Labute approximate surface area is 356 Å². The molecule has 330 valence electrons. The van der Waals surface area contributed by atoms with Crippen molar-refractivity contribution in [2.24, 2.45) is 5.73 Å². The van der Waals surface area contributed by atoms with E-state index in [9.17, 15) is 43.8 Å². The van der Waals surface area contributed by atoms with Gasteiger partial charge in [-0.05, 0) is 50.2 Å². The predicted molar refractivity (Wildman–Crippen MR) is 225 cm³/mol. The summed E-state index contributed by atoms with van der Waals surface area (Å²) in [5, 5.41) is 34.7. The molecular weight excluding hydrogens is 819 g/mol. The lowest BCUT2D eigenvalue weighted by molar-refractivity contribution is -0.917. The van der Waals surface area contributed by atoms with Gasteiger partial charge in [-0.3, -0.25) is 38.9 Å². The van der Waals surface area contributed by atoms with Gasteiger partial charge in [0, 0.05) is 41.6 Å². The molecule has 3 aliphatic rings. The van der Waals surface area contributed by atoms with E-state index in [-0.39, 0.29) is 31.6 Å². The quantitative estimate of drug-likeness (QED) is 0.0784. The van der Waals surface area contributed by atoms with Crippen LogP contribution in [0.1, 0.15) is 50.5 Å². The Morgan fingerprint density at radius 2 is 1.72 bits per heavy atom. The Balaban J connectivity index is 1.36. The molecule has 3 saturated heterocycles. The topological polar surface area (TPSA) is 274 Å². The van der Waals surface area contributed by atoms with E-state index >= 15 is 0 Å². The van der Waals surface area contributed by atoms with Crippen LogP contribution in [0.3, 0.4) is 0 Å². The lowest BCUT2D eigenvalue weighted by Crippen LogP contribution is -2.59.